The van der Waals surface area contributed by atoms with E-state index in [1.807, 2.05) is 25.1 Å². The number of anilines is 1. The van der Waals surface area contributed by atoms with Crippen molar-refractivity contribution in [3.63, 3.8) is 0 Å². The molecule has 2 amide bonds. The standard InChI is InChI=1S/C14H19N5O2/c1-11-8-12(21-2)4-5-13(11)18-14(20)16-6-3-7-19-10-15-9-17-19/h4-5,8-10H,3,6-7H2,1-2H3,(H2,16,18,20). The van der Waals surface area contributed by atoms with Crippen molar-refractivity contribution in [1.29, 1.82) is 0 Å². The topological polar surface area (TPSA) is 81.1 Å². The highest BCUT2D eigenvalue weighted by atomic mass is 16.5. The maximum Gasteiger partial charge on any atom is 0.319 e. The van der Waals surface area contributed by atoms with Crippen LogP contribution in [0.2, 0.25) is 0 Å². The zero-order valence-corrected chi connectivity index (χ0v) is 12.2. The van der Waals surface area contributed by atoms with Crippen LogP contribution in [0, 0.1) is 6.92 Å². The Bertz CT molecular complexity index is 583. The third kappa shape index (κ3) is 4.48. The van der Waals surface area contributed by atoms with Crippen molar-refractivity contribution in [3.8, 4) is 5.75 Å². The fraction of sp³-hybridized carbons (Fsp3) is 0.357. The summed E-state index contributed by atoms with van der Waals surface area (Å²) in [5, 5.41) is 9.62. The predicted octanol–water partition coefficient (Wildman–Crippen LogP) is 1.81. The Morgan fingerprint density at radius 3 is 2.95 bits per heavy atom. The van der Waals surface area contributed by atoms with Crippen LogP contribution in [-0.4, -0.2) is 34.5 Å². The number of hydrogen-bond acceptors (Lipinski definition) is 4. The van der Waals surface area contributed by atoms with Gasteiger partial charge in [0.25, 0.3) is 0 Å². The number of nitrogens with zero attached hydrogens (tertiary/aromatic N) is 3. The van der Waals surface area contributed by atoms with Gasteiger partial charge in [-0.25, -0.2) is 9.78 Å². The summed E-state index contributed by atoms with van der Waals surface area (Å²) >= 11 is 0. The number of carbonyl (C=O) groups is 1. The van der Waals surface area contributed by atoms with E-state index in [1.54, 1.807) is 18.1 Å². The average molecular weight is 289 g/mol. The fourth-order valence-corrected chi connectivity index (χ4v) is 1.86. The fourth-order valence-electron chi connectivity index (χ4n) is 1.86. The lowest BCUT2D eigenvalue weighted by Crippen LogP contribution is -2.30. The molecule has 7 nitrogen and oxygen atoms in total. The molecule has 2 rings (SSSR count). The predicted molar refractivity (Wildman–Crippen MR) is 79.4 cm³/mol. The van der Waals surface area contributed by atoms with Crippen LogP contribution in [-0.2, 0) is 6.54 Å². The summed E-state index contributed by atoms with van der Waals surface area (Å²) in [6.45, 7) is 3.21. The van der Waals surface area contributed by atoms with Crippen LogP contribution >= 0.6 is 0 Å². The number of benzene rings is 1. The molecule has 0 aliphatic rings. The number of aromatic nitrogens is 3. The molecule has 0 aliphatic carbocycles. The number of hydrogen-bond donors (Lipinski definition) is 2. The molecule has 0 radical (unpaired) electrons. The maximum absolute atomic E-state index is 11.8. The number of rotatable bonds is 6. The summed E-state index contributed by atoms with van der Waals surface area (Å²) in [5.41, 5.74) is 1.72. The third-order valence-corrected chi connectivity index (χ3v) is 3.00. The summed E-state index contributed by atoms with van der Waals surface area (Å²) < 4.78 is 6.86. The van der Waals surface area contributed by atoms with Gasteiger partial charge in [0.05, 0.1) is 7.11 Å². The van der Waals surface area contributed by atoms with Crippen molar-refractivity contribution in [3.05, 3.63) is 36.4 Å². The first-order valence-electron chi connectivity index (χ1n) is 6.71. The number of methoxy groups -OCH3 is 1. The van der Waals surface area contributed by atoms with Crippen molar-refractivity contribution in [1.82, 2.24) is 20.1 Å². The minimum Gasteiger partial charge on any atom is -0.497 e. The number of amides is 2. The summed E-state index contributed by atoms with van der Waals surface area (Å²) in [7, 11) is 1.61. The van der Waals surface area contributed by atoms with E-state index in [0.717, 1.165) is 30.0 Å². The molecular formula is C14H19N5O2. The normalized spacial score (nSPS) is 10.2. The molecule has 2 N–H and O–H groups in total. The molecule has 7 heteroatoms. The van der Waals surface area contributed by atoms with Crippen LogP contribution in [0.15, 0.2) is 30.9 Å². The first-order valence-corrected chi connectivity index (χ1v) is 6.71. The van der Waals surface area contributed by atoms with Gasteiger partial charge in [0.1, 0.15) is 18.4 Å². The Labute approximate surface area is 123 Å². The van der Waals surface area contributed by atoms with Crippen molar-refractivity contribution in [2.45, 2.75) is 19.9 Å². The molecule has 0 spiro atoms. The molecule has 0 unspecified atom stereocenters. The number of ether oxygens (including phenoxy) is 1. The first kappa shape index (κ1) is 14.8. The summed E-state index contributed by atoms with van der Waals surface area (Å²) in [6, 6.07) is 5.29. The highest BCUT2D eigenvalue weighted by Crippen LogP contribution is 2.20. The minimum absolute atomic E-state index is 0.221. The van der Waals surface area contributed by atoms with Gasteiger partial charge in [-0.05, 0) is 37.1 Å². The molecule has 112 valence electrons. The van der Waals surface area contributed by atoms with E-state index in [9.17, 15) is 4.79 Å². The van der Waals surface area contributed by atoms with E-state index < -0.39 is 0 Å². The molecule has 0 aliphatic heterocycles. The highest BCUT2D eigenvalue weighted by molar-refractivity contribution is 5.90. The first-order chi connectivity index (χ1) is 10.2. The van der Waals surface area contributed by atoms with Gasteiger partial charge in [0.15, 0.2) is 0 Å². The van der Waals surface area contributed by atoms with Gasteiger partial charge < -0.3 is 15.4 Å². The van der Waals surface area contributed by atoms with Crippen LogP contribution < -0.4 is 15.4 Å². The molecule has 0 saturated carbocycles. The van der Waals surface area contributed by atoms with E-state index in [2.05, 4.69) is 20.7 Å². The Balaban J connectivity index is 1.74. The van der Waals surface area contributed by atoms with Crippen molar-refractivity contribution in [2.24, 2.45) is 0 Å². The number of carbonyl (C=O) groups excluding carboxylic acids is 1. The van der Waals surface area contributed by atoms with Gasteiger partial charge >= 0.3 is 6.03 Å². The monoisotopic (exact) mass is 289 g/mol. The van der Waals surface area contributed by atoms with Gasteiger partial charge in [-0.3, -0.25) is 4.68 Å². The lowest BCUT2D eigenvalue weighted by atomic mass is 10.2. The van der Waals surface area contributed by atoms with Crippen molar-refractivity contribution < 1.29 is 9.53 Å². The molecule has 0 saturated heterocycles. The van der Waals surface area contributed by atoms with E-state index in [-0.39, 0.29) is 6.03 Å². The van der Waals surface area contributed by atoms with Gasteiger partial charge in [-0.2, -0.15) is 5.10 Å². The zero-order chi connectivity index (χ0) is 15.1. The minimum atomic E-state index is -0.221. The highest BCUT2D eigenvalue weighted by Gasteiger charge is 2.05. The van der Waals surface area contributed by atoms with Gasteiger partial charge in [0, 0.05) is 18.8 Å². The van der Waals surface area contributed by atoms with Gasteiger partial charge in [-0.15, -0.1) is 0 Å². The second-order valence-electron chi connectivity index (χ2n) is 4.57. The Morgan fingerprint density at radius 2 is 2.29 bits per heavy atom. The summed E-state index contributed by atoms with van der Waals surface area (Å²) in [6.07, 6.45) is 3.94. The molecule has 2 aromatic rings. The molecule has 0 fully saturated rings. The molecular weight excluding hydrogens is 270 g/mol. The summed E-state index contributed by atoms with van der Waals surface area (Å²) in [5.74, 6) is 0.770. The van der Waals surface area contributed by atoms with Crippen LogP contribution in [0.3, 0.4) is 0 Å². The van der Waals surface area contributed by atoms with Gasteiger partial charge in [-0.1, -0.05) is 0 Å². The SMILES string of the molecule is COc1ccc(NC(=O)NCCCn2cncn2)c(C)c1. The lowest BCUT2D eigenvalue weighted by Gasteiger charge is -2.11. The summed E-state index contributed by atoms with van der Waals surface area (Å²) in [4.78, 5) is 15.6. The second kappa shape index (κ2) is 7.28. The third-order valence-electron chi connectivity index (χ3n) is 3.00. The quantitative estimate of drug-likeness (QED) is 0.795. The smallest absolute Gasteiger partial charge is 0.319 e. The molecule has 21 heavy (non-hydrogen) atoms. The Morgan fingerprint density at radius 1 is 1.43 bits per heavy atom. The van der Waals surface area contributed by atoms with E-state index in [0.29, 0.717) is 6.54 Å². The van der Waals surface area contributed by atoms with Crippen molar-refractivity contribution >= 4 is 11.7 Å². The number of nitrogens with one attached hydrogen (secondary N) is 2. The Kier molecular flexibility index (Phi) is 5.14. The largest absolute Gasteiger partial charge is 0.497 e. The van der Waals surface area contributed by atoms with E-state index >= 15 is 0 Å². The number of urea groups is 1. The zero-order valence-electron chi connectivity index (χ0n) is 12.2. The molecule has 1 heterocycles. The van der Waals surface area contributed by atoms with E-state index in [4.69, 9.17) is 4.74 Å². The molecule has 1 aromatic carbocycles. The molecule has 0 bridgehead atoms. The second-order valence-corrected chi connectivity index (χ2v) is 4.57. The van der Waals surface area contributed by atoms with E-state index in [1.165, 1.54) is 6.33 Å². The van der Waals surface area contributed by atoms with Crippen molar-refractivity contribution in [2.75, 3.05) is 19.0 Å². The van der Waals surface area contributed by atoms with Crippen LogP contribution in [0.4, 0.5) is 10.5 Å². The van der Waals surface area contributed by atoms with Gasteiger partial charge in [0.2, 0.25) is 0 Å². The maximum atomic E-state index is 11.8. The lowest BCUT2D eigenvalue weighted by molar-refractivity contribution is 0.251. The average Bonchev–Trinajstić information content (AvgIpc) is 2.99. The molecule has 1 aromatic heterocycles. The Hall–Kier alpha value is -2.57. The van der Waals surface area contributed by atoms with Crippen LogP contribution in [0.1, 0.15) is 12.0 Å². The van der Waals surface area contributed by atoms with Crippen LogP contribution in [0.5, 0.6) is 5.75 Å². The molecule has 0 atom stereocenters. The van der Waals surface area contributed by atoms with Crippen LogP contribution in [0.25, 0.3) is 0 Å². The number of aryl methyl sites for hydroxylation is 2.